The summed E-state index contributed by atoms with van der Waals surface area (Å²) in [7, 11) is 0. The van der Waals surface area contributed by atoms with Gasteiger partial charge in [0.2, 0.25) is 5.95 Å². The van der Waals surface area contributed by atoms with E-state index in [1.54, 1.807) is 23.0 Å². The van der Waals surface area contributed by atoms with E-state index < -0.39 is 0 Å². The van der Waals surface area contributed by atoms with E-state index in [4.69, 9.17) is 5.26 Å². The van der Waals surface area contributed by atoms with Crippen molar-refractivity contribution in [1.82, 2.24) is 24.1 Å². The minimum Gasteiger partial charge on any atom is -0.323 e. The highest BCUT2D eigenvalue weighted by Crippen LogP contribution is 2.20. The highest BCUT2D eigenvalue weighted by atomic mass is 15.4. The fraction of sp³-hybridized carbons (Fsp3) is 0. The number of hydrogen-bond donors (Lipinski definition) is 1. The molecule has 0 saturated carbocycles. The van der Waals surface area contributed by atoms with E-state index in [0.717, 1.165) is 28.2 Å². The quantitative estimate of drug-likeness (QED) is 0.536. The van der Waals surface area contributed by atoms with Gasteiger partial charge < -0.3 is 5.32 Å². The van der Waals surface area contributed by atoms with Crippen LogP contribution in [0.2, 0.25) is 0 Å². The molecule has 27 heavy (non-hydrogen) atoms. The van der Waals surface area contributed by atoms with Crippen LogP contribution in [-0.4, -0.2) is 24.1 Å². The van der Waals surface area contributed by atoms with Gasteiger partial charge in [0, 0.05) is 5.69 Å². The summed E-state index contributed by atoms with van der Waals surface area (Å²) in [6.07, 6.45) is 1.79. The first-order chi connectivity index (χ1) is 13.3. The Balaban J connectivity index is 1.58. The number of nitrogens with zero attached hydrogens (tertiary/aromatic N) is 6. The summed E-state index contributed by atoms with van der Waals surface area (Å²) in [5, 5.41) is 16.7. The SMILES string of the molecule is N#Cc1ccc(Nc2nc3cccc(-n4cnc5ccccc54)n3n2)cc1. The Labute approximate surface area is 154 Å². The molecule has 7 heteroatoms. The number of imidazole rings is 1. The van der Waals surface area contributed by atoms with Gasteiger partial charge in [0.15, 0.2) is 5.65 Å². The van der Waals surface area contributed by atoms with Crippen molar-refractivity contribution < 1.29 is 0 Å². The van der Waals surface area contributed by atoms with Crippen LogP contribution in [0.3, 0.4) is 0 Å². The Morgan fingerprint density at radius 1 is 0.926 bits per heavy atom. The smallest absolute Gasteiger partial charge is 0.247 e. The Bertz CT molecular complexity index is 1310. The Morgan fingerprint density at radius 2 is 1.78 bits per heavy atom. The monoisotopic (exact) mass is 351 g/mol. The number of pyridine rings is 1. The molecule has 0 aliphatic rings. The third-order valence-corrected chi connectivity index (χ3v) is 4.31. The molecule has 3 heterocycles. The highest BCUT2D eigenvalue weighted by molar-refractivity contribution is 5.77. The van der Waals surface area contributed by atoms with Crippen LogP contribution < -0.4 is 5.32 Å². The first-order valence-corrected chi connectivity index (χ1v) is 8.37. The molecule has 2 aromatic carbocycles. The van der Waals surface area contributed by atoms with Gasteiger partial charge in [-0.2, -0.15) is 14.8 Å². The van der Waals surface area contributed by atoms with Crippen LogP contribution in [0.15, 0.2) is 73.1 Å². The van der Waals surface area contributed by atoms with Crippen LogP contribution in [0.4, 0.5) is 11.6 Å². The molecule has 0 radical (unpaired) electrons. The molecule has 0 aliphatic carbocycles. The summed E-state index contributed by atoms with van der Waals surface area (Å²) in [4.78, 5) is 9.00. The average Bonchev–Trinajstić information content (AvgIpc) is 3.32. The predicted octanol–water partition coefficient (Wildman–Crippen LogP) is 3.68. The molecule has 0 atom stereocenters. The molecule has 5 aromatic rings. The second-order valence-corrected chi connectivity index (χ2v) is 6.01. The molecule has 0 bridgehead atoms. The van der Waals surface area contributed by atoms with E-state index in [9.17, 15) is 0 Å². The van der Waals surface area contributed by atoms with Crippen molar-refractivity contribution in [1.29, 1.82) is 5.26 Å². The fourth-order valence-electron chi connectivity index (χ4n) is 3.03. The van der Waals surface area contributed by atoms with Crippen molar-refractivity contribution >= 4 is 28.3 Å². The van der Waals surface area contributed by atoms with Gasteiger partial charge in [-0.25, -0.2) is 4.98 Å². The van der Waals surface area contributed by atoms with Gasteiger partial charge >= 0.3 is 0 Å². The zero-order valence-electron chi connectivity index (χ0n) is 14.1. The van der Waals surface area contributed by atoms with E-state index in [1.165, 1.54) is 0 Å². The summed E-state index contributed by atoms with van der Waals surface area (Å²) in [6, 6.07) is 23.0. The molecule has 0 spiro atoms. The summed E-state index contributed by atoms with van der Waals surface area (Å²) >= 11 is 0. The molecule has 128 valence electrons. The van der Waals surface area contributed by atoms with Crippen molar-refractivity contribution in [2.45, 2.75) is 0 Å². The van der Waals surface area contributed by atoms with Crippen molar-refractivity contribution in [2.24, 2.45) is 0 Å². The standard InChI is InChI=1S/C20H13N7/c21-12-14-8-10-15(11-9-14)23-20-24-18-6-3-7-19(27(18)25-20)26-13-22-16-4-1-2-5-17(16)26/h1-11,13H,(H,23,25). The molecular formula is C20H13N7. The predicted molar refractivity (Wildman–Crippen MR) is 102 cm³/mol. The number of nitriles is 1. The molecule has 0 amide bonds. The van der Waals surface area contributed by atoms with Gasteiger partial charge in [0.25, 0.3) is 0 Å². The Hall–Kier alpha value is -4.18. The highest BCUT2D eigenvalue weighted by Gasteiger charge is 2.11. The number of anilines is 2. The van der Waals surface area contributed by atoms with E-state index in [2.05, 4.69) is 26.5 Å². The van der Waals surface area contributed by atoms with Crippen LogP contribution in [0.1, 0.15) is 5.56 Å². The third kappa shape index (κ3) is 2.56. The lowest BCUT2D eigenvalue weighted by molar-refractivity contribution is 0.883. The molecule has 3 aromatic heterocycles. The topological polar surface area (TPSA) is 83.8 Å². The van der Waals surface area contributed by atoms with Crippen molar-refractivity contribution in [2.75, 3.05) is 5.32 Å². The zero-order valence-corrected chi connectivity index (χ0v) is 14.1. The maximum absolute atomic E-state index is 8.90. The molecular weight excluding hydrogens is 338 g/mol. The van der Waals surface area contributed by atoms with Crippen molar-refractivity contribution in [3.8, 4) is 11.9 Å². The minimum atomic E-state index is 0.483. The van der Waals surface area contributed by atoms with Crippen LogP contribution >= 0.6 is 0 Å². The molecule has 1 N–H and O–H groups in total. The Morgan fingerprint density at radius 3 is 2.63 bits per heavy atom. The number of benzene rings is 2. The first kappa shape index (κ1) is 15.1. The lowest BCUT2D eigenvalue weighted by Crippen LogP contribution is -2.02. The van der Waals surface area contributed by atoms with Gasteiger partial charge in [-0.15, -0.1) is 5.10 Å². The number of aromatic nitrogens is 5. The first-order valence-electron chi connectivity index (χ1n) is 8.37. The largest absolute Gasteiger partial charge is 0.323 e. The normalized spacial score (nSPS) is 10.9. The van der Waals surface area contributed by atoms with Gasteiger partial charge in [0.1, 0.15) is 12.1 Å². The fourth-order valence-corrected chi connectivity index (χ4v) is 3.03. The molecule has 0 fully saturated rings. The van der Waals surface area contributed by atoms with Crippen LogP contribution in [-0.2, 0) is 0 Å². The number of nitrogens with one attached hydrogen (secondary N) is 1. The van der Waals surface area contributed by atoms with Crippen LogP contribution in [0, 0.1) is 11.3 Å². The van der Waals surface area contributed by atoms with E-state index in [1.807, 2.05) is 59.2 Å². The third-order valence-electron chi connectivity index (χ3n) is 4.31. The second-order valence-electron chi connectivity index (χ2n) is 6.01. The van der Waals surface area contributed by atoms with Gasteiger partial charge in [0.05, 0.1) is 22.7 Å². The lowest BCUT2D eigenvalue weighted by atomic mass is 10.2. The maximum Gasteiger partial charge on any atom is 0.247 e. The van der Waals surface area contributed by atoms with Gasteiger partial charge in [-0.05, 0) is 48.5 Å². The summed E-state index contributed by atoms with van der Waals surface area (Å²) < 4.78 is 3.77. The van der Waals surface area contributed by atoms with E-state index in [0.29, 0.717) is 11.5 Å². The van der Waals surface area contributed by atoms with Crippen molar-refractivity contribution in [3.63, 3.8) is 0 Å². The van der Waals surface area contributed by atoms with Gasteiger partial charge in [-0.3, -0.25) is 4.57 Å². The Kier molecular flexibility index (Phi) is 3.34. The maximum atomic E-state index is 8.90. The number of fused-ring (bicyclic) bond motifs is 2. The number of hydrogen-bond acceptors (Lipinski definition) is 5. The average molecular weight is 351 g/mol. The van der Waals surface area contributed by atoms with Gasteiger partial charge in [-0.1, -0.05) is 18.2 Å². The van der Waals surface area contributed by atoms with E-state index >= 15 is 0 Å². The van der Waals surface area contributed by atoms with Crippen molar-refractivity contribution in [3.05, 3.63) is 78.6 Å². The zero-order chi connectivity index (χ0) is 18.2. The summed E-state index contributed by atoms with van der Waals surface area (Å²) in [6.45, 7) is 0. The van der Waals surface area contributed by atoms with E-state index in [-0.39, 0.29) is 0 Å². The molecule has 7 nitrogen and oxygen atoms in total. The summed E-state index contributed by atoms with van der Waals surface area (Å²) in [5.41, 5.74) is 4.08. The van der Waals surface area contributed by atoms with Crippen LogP contribution in [0.25, 0.3) is 22.5 Å². The molecule has 5 rings (SSSR count). The lowest BCUT2D eigenvalue weighted by Gasteiger charge is -2.05. The number of rotatable bonds is 3. The summed E-state index contributed by atoms with van der Waals surface area (Å²) in [5.74, 6) is 1.33. The molecule has 0 unspecified atom stereocenters. The number of para-hydroxylation sites is 2. The molecule has 0 aliphatic heterocycles. The van der Waals surface area contributed by atoms with Crippen LogP contribution in [0.5, 0.6) is 0 Å². The molecule has 0 saturated heterocycles. The second kappa shape index (κ2) is 5.97. The minimum absolute atomic E-state index is 0.483.